The first-order valence-electron chi connectivity index (χ1n) is 5.39. The van der Waals surface area contributed by atoms with E-state index in [1.165, 1.54) is 0 Å². The Morgan fingerprint density at radius 2 is 1.47 bits per heavy atom. The summed E-state index contributed by atoms with van der Waals surface area (Å²) in [4.78, 5) is 0. The fraction of sp³-hybridized carbons (Fsp3) is 1.00. The van der Waals surface area contributed by atoms with Crippen LogP contribution in [0.2, 0.25) is 0 Å². The molecule has 0 amide bonds. The smallest absolute Gasteiger partial charge is 0.138 e. The summed E-state index contributed by atoms with van der Waals surface area (Å²) in [6.07, 6.45) is 0.642. The molecule has 0 bridgehead atoms. The first kappa shape index (κ1) is 9.99. The van der Waals surface area contributed by atoms with E-state index in [9.17, 15) is 0 Å². The van der Waals surface area contributed by atoms with Crippen LogP contribution in [0.1, 0.15) is 0 Å². The van der Waals surface area contributed by atoms with Crippen LogP contribution in [-0.4, -0.2) is 64.1 Å². The van der Waals surface area contributed by atoms with E-state index < -0.39 is 0 Å². The highest BCUT2D eigenvalue weighted by Crippen LogP contribution is 2.28. The molecular formula is C10H16O5. The van der Waals surface area contributed by atoms with Crippen molar-refractivity contribution < 1.29 is 23.7 Å². The van der Waals surface area contributed by atoms with Crippen LogP contribution in [0, 0.1) is 0 Å². The molecule has 3 aliphatic rings. The summed E-state index contributed by atoms with van der Waals surface area (Å²) in [6, 6.07) is 0. The Hall–Kier alpha value is -0.200. The minimum absolute atomic E-state index is 0.177. The van der Waals surface area contributed by atoms with Gasteiger partial charge < -0.3 is 23.7 Å². The number of hydrogen-bond donors (Lipinski definition) is 0. The van der Waals surface area contributed by atoms with Crippen molar-refractivity contribution >= 4 is 0 Å². The van der Waals surface area contributed by atoms with Crippen LogP contribution in [0.25, 0.3) is 0 Å². The second kappa shape index (κ2) is 3.99. The van der Waals surface area contributed by atoms with Gasteiger partial charge in [0.25, 0.3) is 0 Å². The Morgan fingerprint density at radius 1 is 1.00 bits per heavy atom. The van der Waals surface area contributed by atoms with E-state index in [1.54, 1.807) is 0 Å². The second-order valence-corrected chi connectivity index (χ2v) is 4.41. The molecule has 3 heterocycles. The SMILES string of the molecule is C(OCC1(COCC2CO2)CO1)C1CO1. The predicted molar refractivity (Wildman–Crippen MR) is 49.8 cm³/mol. The van der Waals surface area contributed by atoms with E-state index in [0.29, 0.717) is 38.6 Å². The largest absolute Gasteiger partial charge is 0.375 e. The highest BCUT2D eigenvalue weighted by Gasteiger charge is 2.46. The monoisotopic (exact) mass is 216 g/mol. The third-order valence-electron chi connectivity index (χ3n) is 2.70. The lowest BCUT2D eigenvalue weighted by atomic mass is 10.2. The Bertz CT molecular complexity index is 200. The van der Waals surface area contributed by atoms with Crippen LogP contribution in [0.4, 0.5) is 0 Å². The highest BCUT2D eigenvalue weighted by molar-refractivity contribution is 4.92. The van der Waals surface area contributed by atoms with Crippen LogP contribution in [0.5, 0.6) is 0 Å². The van der Waals surface area contributed by atoms with Crippen molar-refractivity contribution in [3.8, 4) is 0 Å². The lowest BCUT2D eigenvalue weighted by Crippen LogP contribution is -2.27. The van der Waals surface area contributed by atoms with Gasteiger partial charge in [0, 0.05) is 0 Å². The Balaban J connectivity index is 1.28. The molecule has 2 unspecified atom stereocenters. The minimum atomic E-state index is -0.177. The molecule has 0 N–H and O–H groups in total. The third-order valence-corrected chi connectivity index (χ3v) is 2.70. The third kappa shape index (κ3) is 3.12. The van der Waals surface area contributed by atoms with Gasteiger partial charge in [-0.15, -0.1) is 0 Å². The highest BCUT2D eigenvalue weighted by atomic mass is 16.7. The van der Waals surface area contributed by atoms with Crippen molar-refractivity contribution in [3.63, 3.8) is 0 Å². The van der Waals surface area contributed by atoms with E-state index >= 15 is 0 Å². The van der Waals surface area contributed by atoms with E-state index in [2.05, 4.69) is 0 Å². The fourth-order valence-electron chi connectivity index (χ4n) is 1.39. The lowest BCUT2D eigenvalue weighted by molar-refractivity contribution is 0.0115. The number of epoxide rings is 3. The van der Waals surface area contributed by atoms with Crippen LogP contribution >= 0.6 is 0 Å². The van der Waals surface area contributed by atoms with Gasteiger partial charge in [0.15, 0.2) is 0 Å². The quantitative estimate of drug-likeness (QED) is 0.516. The summed E-state index contributed by atoms with van der Waals surface area (Å²) in [7, 11) is 0. The van der Waals surface area contributed by atoms with Crippen molar-refractivity contribution in [1.29, 1.82) is 0 Å². The standard InChI is InChI=1S/C10H16O5/c1(8-3-13-8)11-5-10(7-15-10)6-12-2-9-4-14-9/h8-9H,1-7H2. The van der Waals surface area contributed by atoms with E-state index in [4.69, 9.17) is 23.7 Å². The molecule has 0 aromatic rings. The van der Waals surface area contributed by atoms with Crippen molar-refractivity contribution in [1.82, 2.24) is 0 Å². The Kier molecular flexibility index (Phi) is 2.66. The molecule has 0 spiro atoms. The Labute approximate surface area is 88.6 Å². The number of hydrogen-bond acceptors (Lipinski definition) is 5. The molecule has 86 valence electrons. The first-order chi connectivity index (χ1) is 7.36. The van der Waals surface area contributed by atoms with Gasteiger partial charge in [0.2, 0.25) is 0 Å². The number of rotatable bonds is 8. The van der Waals surface area contributed by atoms with Crippen LogP contribution in [0.3, 0.4) is 0 Å². The van der Waals surface area contributed by atoms with E-state index in [0.717, 1.165) is 19.8 Å². The summed E-state index contributed by atoms with van der Waals surface area (Å²) in [5.41, 5.74) is -0.177. The molecule has 0 aliphatic carbocycles. The maximum Gasteiger partial charge on any atom is 0.138 e. The maximum atomic E-state index is 5.50. The van der Waals surface area contributed by atoms with Gasteiger partial charge in [-0.1, -0.05) is 0 Å². The van der Waals surface area contributed by atoms with Crippen LogP contribution in [0.15, 0.2) is 0 Å². The second-order valence-electron chi connectivity index (χ2n) is 4.41. The molecule has 3 aliphatic heterocycles. The molecule has 0 aromatic carbocycles. The zero-order valence-electron chi connectivity index (χ0n) is 8.65. The topological polar surface area (TPSA) is 56.1 Å². The van der Waals surface area contributed by atoms with Crippen molar-refractivity contribution in [3.05, 3.63) is 0 Å². The minimum Gasteiger partial charge on any atom is -0.375 e. The molecular weight excluding hydrogens is 200 g/mol. The lowest BCUT2D eigenvalue weighted by Gasteiger charge is -2.11. The van der Waals surface area contributed by atoms with Crippen molar-refractivity contribution in [2.24, 2.45) is 0 Å². The zero-order chi connectivity index (χ0) is 10.1. The van der Waals surface area contributed by atoms with E-state index in [1.807, 2.05) is 0 Å². The van der Waals surface area contributed by atoms with Crippen LogP contribution < -0.4 is 0 Å². The molecule has 0 aromatic heterocycles. The number of ether oxygens (including phenoxy) is 5. The molecule has 5 nitrogen and oxygen atoms in total. The average Bonchev–Trinajstić information content (AvgIpc) is 3.09. The Morgan fingerprint density at radius 3 is 1.80 bits per heavy atom. The van der Waals surface area contributed by atoms with Crippen LogP contribution in [-0.2, 0) is 23.7 Å². The molecule has 0 saturated carbocycles. The van der Waals surface area contributed by atoms with Gasteiger partial charge in [0.05, 0.1) is 46.2 Å². The molecule has 15 heavy (non-hydrogen) atoms. The van der Waals surface area contributed by atoms with Gasteiger partial charge in [-0.25, -0.2) is 0 Å². The summed E-state index contributed by atoms with van der Waals surface area (Å²) in [5.74, 6) is 0. The fourth-order valence-corrected chi connectivity index (χ4v) is 1.39. The predicted octanol–water partition coefficient (Wildman–Crippen LogP) is -0.414. The van der Waals surface area contributed by atoms with Crippen molar-refractivity contribution in [2.45, 2.75) is 17.8 Å². The van der Waals surface area contributed by atoms with Crippen molar-refractivity contribution in [2.75, 3.05) is 46.2 Å². The van der Waals surface area contributed by atoms with E-state index in [-0.39, 0.29) is 5.60 Å². The molecule has 2 atom stereocenters. The average molecular weight is 216 g/mol. The first-order valence-corrected chi connectivity index (χ1v) is 5.39. The maximum absolute atomic E-state index is 5.50. The van der Waals surface area contributed by atoms with Gasteiger partial charge in [0.1, 0.15) is 17.8 Å². The molecule has 3 rings (SSSR count). The van der Waals surface area contributed by atoms with Gasteiger partial charge in [-0.05, 0) is 0 Å². The summed E-state index contributed by atoms with van der Waals surface area (Å²) < 4.78 is 26.5. The summed E-state index contributed by atoms with van der Waals surface area (Å²) in [6.45, 7) is 4.99. The zero-order valence-corrected chi connectivity index (χ0v) is 8.65. The van der Waals surface area contributed by atoms with Gasteiger partial charge in [-0.2, -0.15) is 0 Å². The molecule has 3 saturated heterocycles. The summed E-state index contributed by atoms with van der Waals surface area (Å²) in [5, 5.41) is 0. The normalized spacial score (nSPS) is 41.6. The molecule has 3 fully saturated rings. The molecule has 0 radical (unpaired) electrons. The summed E-state index contributed by atoms with van der Waals surface area (Å²) >= 11 is 0. The van der Waals surface area contributed by atoms with Gasteiger partial charge in [-0.3, -0.25) is 0 Å². The van der Waals surface area contributed by atoms with Gasteiger partial charge >= 0.3 is 0 Å². The molecule has 5 heteroatoms.